The molecule has 0 aliphatic rings. The molecule has 0 spiro atoms. The van der Waals surface area contributed by atoms with Crippen LogP contribution in [0.5, 0.6) is 0 Å². The fourth-order valence-electron chi connectivity index (χ4n) is 1.04. The predicted octanol–water partition coefficient (Wildman–Crippen LogP) is 4.21. The Labute approximate surface area is 90.7 Å². The highest BCUT2D eigenvalue weighted by Crippen LogP contribution is 2.24. The minimum absolute atomic E-state index is 0.0465. The maximum atomic E-state index is 11.6. The van der Waals surface area contributed by atoms with Gasteiger partial charge in [0.15, 0.2) is 15.2 Å². The second kappa shape index (κ2) is 6.64. The molecule has 0 aromatic heterocycles. The molecule has 0 heterocycles. The molecule has 1 radical (unpaired) electrons. The van der Waals surface area contributed by atoms with E-state index in [2.05, 4.69) is 0 Å². The fourth-order valence-corrected chi connectivity index (χ4v) is 2.31. The Morgan fingerprint density at radius 3 is 1.27 bits per heavy atom. The summed E-state index contributed by atoms with van der Waals surface area (Å²) in [6.45, 7) is 0. The summed E-state index contributed by atoms with van der Waals surface area (Å²) >= 11 is -0.261. The van der Waals surface area contributed by atoms with Crippen molar-refractivity contribution in [3.63, 3.8) is 0 Å². The van der Waals surface area contributed by atoms with Gasteiger partial charge in [-0.2, -0.15) is 26.3 Å². The molecule has 0 aromatic rings. The largest absolute Gasteiger partial charge is 0.389 e. The predicted molar refractivity (Wildman–Crippen MR) is 45.9 cm³/mol. The smallest absolute Gasteiger partial charge is 0.171 e. The summed E-state index contributed by atoms with van der Waals surface area (Å²) in [6, 6.07) is 0. The van der Waals surface area contributed by atoms with E-state index in [1.165, 1.54) is 0 Å². The average Bonchev–Trinajstić information content (AvgIpc) is 1.98. The van der Waals surface area contributed by atoms with E-state index in [1.807, 2.05) is 0 Å². The minimum atomic E-state index is -4.13. The van der Waals surface area contributed by atoms with Crippen molar-refractivity contribution in [1.29, 1.82) is 0 Å². The van der Waals surface area contributed by atoms with E-state index in [1.54, 1.807) is 0 Å². The zero-order chi connectivity index (χ0) is 11.9. The highest BCUT2D eigenvalue weighted by molar-refractivity contribution is 6.35. The zero-order valence-corrected chi connectivity index (χ0v) is 9.24. The summed E-state index contributed by atoms with van der Waals surface area (Å²) < 4.78 is 69.9. The highest BCUT2D eigenvalue weighted by atomic mass is 27.1. The van der Waals surface area contributed by atoms with E-state index in [0.717, 1.165) is 0 Å². The van der Waals surface area contributed by atoms with Crippen molar-refractivity contribution >= 4 is 15.2 Å². The quantitative estimate of drug-likeness (QED) is 0.375. The van der Waals surface area contributed by atoms with Crippen LogP contribution in [-0.2, 0) is 0 Å². The molecular weight excluding hydrogens is 237 g/mol. The summed E-state index contributed by atoms with van der Waals surface area (Å²) in [6.07, 6.45) is -9.81. The SMILES string of the molecule is FC(F)(F)CC[CH2][Al][CH2]CCC(F)(F)F. The third-order valence-electron chi connectivity index (χ3n) is 1.74. The first-order valence-electron chi connectivity index (χ1n) is 4.66. The normalized spacial score (nSPS) is 12.9. The van der Waals surface area contributed by atoms with Gasteiger partial charge < -0.3 is 0 Å². The van der Waals surface area contributed by atoms with E-state index in [4.69, 9.17) is 0 Å². The van der Waals surface area contributed by atoms with Crippen molar-refractivity contribution < 1.29 is 26.3 Å². The van der Waals surface area contributed by atoms with Gasteiger partial charge in [-0.3, -0.25) is 0 Å². The molecule has 0 nitrogen and oxygen atoms in total. The molecule has 0 unspecified atom stereocenters. The molecular formula is C8H12AlF6. The van der Waals surface area contributed by atoms with E-state index < -0.39 is 25.2 Å². The summed E-state index contributed by atoms with van der Waals surface area (Å²) in [7, 11) is 0. The zero-order valence-electron chi connectivity index (χ0n) is 8.09. The van der Waals surface area contributed by atoms with Crippen molar-refractivity contribution in [2.45, 2.75) is 48.6 Å². The Kier molecular flexibility index (Phi) is 6.69. The molecule has 0 amide bonds. The minimum Gasteiger partial charge on any atom is -0.171 e. The number of halogens is 6. The van der Waals surface area contributed by atoms with Crippen molar-refractivity contribution in [2.75, 3.05) is 0 Å². The fraction of sp³-hybridized carbons (Fsp3) is 1.00. The second-order valence-corrected chi connectivity index (χ2v) is 5.04. The molecule has 7 heteroatoms. The van der Waals surface area contributed by atoms with Gasteiger partial charge in [0, 0.05) is 12.8 Å². The first-order chi connectivity index (χ1) is 6.71. The van der Waals surface area contributed by atoms with Crippen molar-refractivity contribution in [3.05, 3.63) is 0 Å². The van der Waals surface area contributed by atoms with Gasteiger partial charge in [-0.05, 0) is 0 Å². The highest BCUT2D eigenvalue weighted by Gasteiger charge is 2.27. The van der Waals surface area contributed by atoms with E-state index in [9.17, 15) is 26.3 Å². The van der Waals surface area contributed by atoms with Crippen LogP contribution in [0.4, 0.5) is 26.3 Å². The van der Waals surface area contributed by atoms with Crippen LogP contribution in [0.1, 0.15) is 25.7 Å². The molecule has 0 saturated heterocycles. The van der Waals surface area contributed by atoms with Crippen molar-refractivity contribution in [2.24, 2.45) is 0 Å². The summed E-state index contributed by atoms with van der Waals surface area (Å²) in [4.78, 5) is 0. The number of hydrogen-bond donors (Lipinski definition) is 0. The van der Waals surface area contributed by atoms with Crippen molar-refractivity contribution in [1.82, 2.24) is 0 Å². The lowest BCUT2D eigenvalue weighted by Gasteiger charge is -2.06. The first kappa shape index (κ1) is 15.1. The van der Waals surface area contributed by atoms with Gasteiger partial charge in [0.05, 0.1) is 0 Å². The van der Waals surface area contributed by atoms with Crippen LogP contribution >= 0.6 is 0 Å². The van der Waals surface area contributed by atoms with Gasteiger partial charge in [0.1, 0.15) is 0 Å². The molecule has 0 atom stereocenters. The molecule has 89 valence electrons. The Morgan fingerprint density at radius 1 is 0.667 bits per heavy atom. The Morgan fingerprint density at radius 2 is 1.00 bits per heavy atom. The monoisotopic (exact) mass is 249 g/mol. The van der Waals surface area contributed by atoms with Gasteiger partial charge in [-0.15, -0.1) is 10.6 Å². The third-order valence-corrected chi connectivity index (χ3v) is 3.37. The van der Waals surface area contributed by atoms with E-state index >= 15 is 0 Å². The van der Waals surface area contributed by atoms with E-state index in [-0.39, 0.29) is 28.1 Å². The number of hydrogen-bond acceptors (Lipinski definition) is 0. The van der Waals surface area contributed by atoms with Crippen LogP contribution in [0.2, 0.25) is 10.6 Å². The molecule has 0 rings (SSSR count). The average molecular weight is 249 g/mol. The van der Waals surface area contributed by atoms with Crippen LogP contribution in [0.25, 0.3) is 0 Å². The van der Waals surface area contributed by atoms with Crippen molar-refractivity contribution in [3.8, 4) is 0 Å². The summed E-state index contributed by atoms with van der Waals surface area (Å²) in [5.74, 6) is 0. The first-order valence-corrected chi connectivity index (χ1v) is 6.29. The van der Waals surface area contributed by atoms with Gasteiger partial charge in [0.2, 0.25) is 0 Å². The molecule has 0 bridgehead atoms. The molecule has 0 aliphatic heterocycles. The Hall–Kier alpha value is 0.112. The molecule has 15 heavy (non-hydrogen) atoms. The van der Waals surface area contributed by atoms with E-state index in [0.29, 0.717) is 10.6 Å². The number of rotatable bonds is 6. The Bertz CT molecular complexity index is 143. The lowest BCUT2D eigenvalue weighted by molar-refractivity contribution is -0.135. The maximum absolute atomic E-state index is 11.6. The van der Waals surface area contributed by atoms with Crippen LogP contribution in [0.3, 0.4) is 0 Å². The summed E-state index contributed by atoms with van der Waals surface area (Å²) in [5, 5.41) is 0.856. The lowest BCUT2D eigenvalue weighted by atomic mass is 10.3. The maximum Gasteiger partial charge on any atom is 0.389 e. The molecule has 0 N–H and O–H groups in total. The summed E-state index contributed by atoms with van der Waals surface area (Å²) in [5.41, 5.74) is 0. The molecule has 0 fully saturated rings. The lowest BCUT2D eigenvalue weighted by Crippen LogP contribution is -2.08. The van der Waals surface area contributed by atoms with Gasteiger partial charge in [-0.1, -0.05) is 12.8 Å². The van der Waals surface area contributed by atoms with Gasteiger partial charge >= 0.3 is 12.4 Å². The van der Waals surface area contributed by atoms with Crippen LogP contribution in [-0.4, -0.2) is 27.6 Å². The molecule has 0 aliphatic carbocycles. The Balaban J connectivity index is 3.20. The molecule has 0 saturated carbocycles. The second-order valence-electron chi connectivity index (χ2n) is 3.30. The number of alkyl halides is 6. The molecule has 0 aromatic carbocycles. The third kappa shape index (κ3) is 14.1. The topological polar surface area (TPSA) is 0 Å². The standard InChI is InChI=1S/2C4H6F3.Al/c2*1-2-3-4(5,6)7;/h2*1-3H2;. The van der Waals surface area contributed by atoms with Gasteiger partial charge in [0.25, 0.3) is 0 Å². The van der Waals surface area contributed by atoms with Gasteiger partial charge in [-0.25, -0.2) is 0 Å². The van der Waals surface area contributed by atoms with Crippen LogP contribution < -0.4 is 0 Å². The van der Waals surface area contributed by atoms with Crippen LogP contribution in [0.15, 0.2) is 0 Å². The van der Waals surface area contributed by atoms with Crippen LogP contribution in [0, 0.1) is 0 Å².